The molecule has 5 aromatic heterocycles. The van der Waals surface area contributed by atoms with Gasteiger partial charge in [0.15, 0.2) is 5.65 Å². The van der Waals surface area contributed by atoms with Crippen LogP contribution in [0.5, 0.6) is 0 Å². The van der Waals surface area contributed by atoms with Gasteiger partial charge in [0.1, 0.15) is 17.8 Å². The van der Waals surface area contributed by atoms with E-state index in [1.54, 1.807) is 12.5 Å². The molecule has 6 nitrogen and oxygen atoms in total. The number of nitrogens with zero attached hydrogens (tertiary/aromatic N) is 6. The minimum atomic E-state index is 0.766. The molecule has 0 atom stereocenters. The van der Waals surface area contributed by atoms with Crippen LogP contribution in [0.2, 0.25) is 0 Å². The van der Waals surface area contributed by atoms with Crippen LogP contribution in [0.1, 0.15) is 0 Å². The van der Waals surface area contributed by atoms with Crippen molar-refractivity contribution >= 4 is 44.0 Å². The van der Waals surface area contributed by atoms with Gasteiger partial charge in [-0.15, -0.1) is 0 Å². The Morgan fingerprint density at radius 1 is 0.594 bits per heavy atom. The van der Waals surface area contributed by atoms with E-state index in [9.17, 15) is 0 Å². The van der Waals surface area contributed by atoms with E-state index in [-0.39, 0.29) is 0 Å². The Bertz CT molecular complexity index is 1640. The molecular weight excluding hydrogens is 396 g/mol. The van der Waals surface area contributed by atoms with Crippen molar-refractivity contribution in [3.05, 3.63) is 97.6 Å². The van der Waals surface area contributed by atoms with E-state index < -0.39 is 0 Å². The van der Waals surface area contributed by atoms with E-state index in [1.807, 2.05) is 24.4 Å². The molecule has 0 amide bonds. The maximum absolute atomic E-state index is 5.23. The molecule has 0 N–H and O–H groups in total. The lowest BCUT2D eigenvalue weighted by atomic mass is 10.1. The summed E-state index contributed by atoms with van der Waals surface area (Å²) in [6, 6.07) is 26.9. The molecule has 0 radical (unpaired) electrons. The van der Waals surface area contributed by atoms with Crippen LogP contribution in [-0.4, -0.2) is 29.1 Å². The first-order valence-corrected chi connectivity index (χ1v) is 10.4. The topological polar surface area (TPSA) is 61.4 Å². The van der Waals surface area contributed by atoms with Gasteiger partial charge < -0.3 is 0 Å². The summed E-state index contributed by atoms with van der Waals surface area (Å²) in [6.07, 6.45) is 5.13. The van der Waals surface area contributed by atoms with Gasteiger partial charge in [0, 0.05) is 34.2 Å². The van der Waals surface area contributed by atoms with Gasteiger partial charge in [0.25, 0.3) is 0 Å². The Morgan fingerprint density at radius 3 is 2.28 bits per heavy atom. The molecule has 0 aliphatic rings. The summed E-state index contributed by atoms with van der Waals surface area (Å²) in [5.74, 6) is 0.766. The lowest BCUT2D eigenvalue weighted by Crippen LogP contribution is -2.00. The molecule has 0 saturated carbocycles. The molecule has 0 bridgehead atoms. The lowest BCUT2D eigenvalue weighted by Gasteiger charge is -2.08. The maximum atomic E-state index is 5.23. The van der Waals surface area contributed by atoms with Gasteiger partial charge in [-0.2, -0.15) is 0 Å². The Hall–Kier alpha value is -4.58. The minimum Gasteiger partial charge on any atom is -0.294 e. The second kappa shape index (κ2) is 6.46. The third-order valence-corrected chi connectivity index (χ3v) is 5.93. The number of benzene rings is 2. The largest absolute Gasteiger partial charge is 0.294 e. The van der Waals surface area contributed by atoms with Crippen molar-refractivity contribution < 1.29 is 0 Å². The van der Waals surface area contributed by atoms with Crippen molar-refractivity contribution in [1.82, 2.24) is 29.1 Å². The fraction of sp³-hybridized carbons (Fsp3) is 0. The first-order chi connectivity index (χ1) is 15.9. The number of rotatable bonds is 2. The van der Waals surface area contributed by atoms with Crippen LogP contribution in [-0.2, 0) is 0 Å². The van der Waals surface area contributed by atoms with Gasteiger partial charge in [-0.05, 0) is 42.5 Å². The quantitative estimate of drug-likeness (QED) is 0.378. The van der Waals surface area contributed by atoms with Gasteiger partial charge in [-0.1, -0.05) is 36.4 Å². The first-order valence-electron chi connectivity index (χ1n) is 10.4. The summed E-state index contributed by atoms with van der Waals surface area (Å²) in [5.41, 5.74) is 5.81. The number of fused-ring (bicyclic) bond motifs is 6. The lowest BCUT2D eigenvalue weighted by molar-refractivity contribution is 1.02. The molecule has 5 heterocycles. The monoisotopic (exact) mass is 412 g/mol. The van der Waals surface area contributed by atoms with Gasteiger partial charge >= 0.3 is 0 Å². The van der Waals surface area contributed by atoms with Crippen LogP contribution in [0.3, 0.4) is 0 Å². The van der Waals surface area contributed by atoms with Crippen LogP contribution in [0.4, 0.5) is 0 Å². The highest BCUT2D eigenvalue weighted by Crippen LogP contribution is 2.36. The fourth-order valence-corrected chi connectivity index (χ4v) is 4.60. The van der Waals surface area contributed by atoms with Crippen molar-refractivity contribution in [2.45, 2.75) is 0 Å². The molecule has 0 aliphatic heterocycles. The predicted molar refractivity (Wildman–Crippen MR) is 126 cm³/mol. The van der Waals surface area contributed by atoms with Crippen LogP contribution in [0.25, 0.3) is 55.5 Å². The third kappa shape index (κ3) is 2.29. The molecule has 0 unspecified atom stereocenters. The molecule has 0 spiro atoms. The van der Waals surface area contributed by atoms with E-state index in [0.29, 0.717) is 0 Å². The maximum Gasteiger partial charge on any atom is 0.150 e. The van der Waals surface area contributed by atoms with E-state index in [2.05, 4.69) is 79.8 Å². The highest BCUT2D eigenvalue weighted by atomic mass is 15.1. The molecule has 0 aliphatic carbocycles. The fourth-order valence-electron chi connectivity index (χ4n) is 4.60. The average molecular weight is 412 g/mol. The number of hydrogen-bond donors (Lipinski definition) is 0. The number of hydrogen-bond acceptors (Lipinski definition) is 4. The summed E-state index contributed by atoms with van der Waals surface area (Å²) in [5, 5.41) is 3.27. The summed E-state index contributed by atoms with van der Waals surface area (Å²) < 4.78 is 4.28. The summed E-state index contributed by atoms with van der Waals surface area (Å²) in [6.45, 7) is 0. The highest BCUT2D eigenvalue weighted by molar-refractivity contribution is 6.15. The van der Waals surface area contributed by atoms with Crippen molar-refractivity contribution in [2.75, 3.05) is 0 Å². The SMILES string of the molecule is c1ccc(-n2c3ccccc3c3cc4c5ncccc5n(-c5ccncn5)c4nc32)cc1. The Morgan fingerprint density at radius 2 is 1.41 bits per heavy atom. The molecule has 7 aromatic rings. The average Bonchev–Trinajstić information content (AvgIpc) is 3.36. The Kier molecular flexibility index (Phi) is 3.46. The molecule has 0 saturated heterocycles. The highest BCUT2D eigenvalue weighted by Gasteiger charge is 2.20. The van der Waals surface area contributed by atoms with Crippen LogP contribution in [0.15, 0.2) is 97.6 Å². The van der Waals surface area contributed by atoms with Crippen LogP contribution in [0, 0.1) is 0 Å². The number of pyridine rings is 2. The minimum absolute atomic E-state index is 0.766. The zero-order valence-corrected chi connectivity index (χ0v) is 16.9. The van der Waals surface area contributed by atoms with Gasteiger partial charge in [-0.25, -0.2) is 15.0 Å². The molecule has 6 heteroatoms. The molecular formula is C26H16N6. The van der Waals surface area contributed by atoms with Crippen LogP contribution >= 0.6 is 0 Å². The standard InChI is InChI=1S/C26H16N6/c1-2-7-17(8-3-1)31-21-10-5-4-9-18(21)19-15-20-24-22(11-6-13-28-24)32(26(20)30-25(19)31)23-12-14-27-16-29-23/h1-16H. The number of para-hydroxylation sites is 2. The molecule has 2 aromatic carbocycles. The first kappa shape index (κ1) is 17.1. The molecule has 0 fully saturated rings. The molecule has 7 rings (SSSR count). The van der Waals surface area contributed by atoms with Gasteiger partial charge in [-0.3, -0.25) is 14.1 Å². The van der Waals surface area contributed by atoms with Gasteiger partial charge in [0.05, 0.1) is 16.6 Å². The van der Waals surface area contributed by atoms with Crippen molar-refractivity contribution in [3.8, 4) is 11.5 Å². The number of aromatic nitrogens is 6. The predicted octanol–water partition coefficient (Wildman–Crippen LogP) is 5.46. The van der Waals surface area contributed by atoms with E-state index >= 15 is 0 Å². The van der Waals surface area contributed by atoms with Gasteiger partial charge in [0.2, 0.25) is 0 Å². The summed E-state index contributed by atoms with van der Waals surface area (Å²) in [7, 11) is 0. The van der Waals surface area contributed by atoms with Crippen molar-refractivity contribution in [1.29, 1.82) is 0 Å². The molecule has 32 heavy (non-hydrogen) atoms. The van der Waals surface area contributed by atoms with Crippen molar-refractivity contribution in [2.24, 2.45) is 0 Å². The van der Waals surface area contributed by atoms with Crippen molar-refractivity contribution in [3.63, 3.8) is 0 Å². The summed E-state index contributed by atoms with van der Waals surface area (Å²) >= 11 is 0. The van der Waals surface area contributed by atoms with Crippen LogP contribution < -0.4 is 0 Å². The second-order valence-electron chi connectivity index (χ2n) is 7.69. The third-order valence-electron chi connectivity index (χ3n) is 5.93. The second-order valence-corrected chi connectivity index (χ2v) is 7.69. The Balaban J connectivity index is 1.71. The zero-order chi connectivity index (χ0) is 21.1. The smallest absolute Gasteiger partial charge is 0.150 e. The van der Waals surface area contributed by atoms with E-state index in [4.69, 9.17) is 9.97 Å². The van der Waals surface area contributed by atoms with E-state index in [1.165, 1.54) is 5.39 Å². The Labute approximate surface area is 182 Å². The summed E-state index contributed by atoms with van der Waals surface area (Å²) in [4.78, 5) is 18.5. The normalized spacial score (nSPS) is 11.8. The molecule has 150 valence electrons. The van der Waals surface area contributed by atoms with E-state index in [0.717, 1.165) is 50.1 Å². The zero-order valence-electron chi connectivity index (χ0n) is 16.9.